The first-order valence-corrected chi connectivity index (χ1v) is 16.5. The second-order valence-electron chi connectivity index (χ2n) is 13.1. The molecule has 0 saturated carbocycles. The Morgan fingerprint density at radius 2 is 1.72 bits per heavy atom. The summed E-state index contributed by atoms with van der Waals surface area (Å²) in [6, 6.07) is 12.2. The van der Waals surface area contributed by atoms with Gasteiger partial charge in [-0.05, 0) is 75.6 Å². The van der Waals surface area contributed by atoms with Crippen molar-refractivity contribution in [2.45, 2.75) is 84.4 Å². The number of nitrogens with zero attached hydrogens (tertiary/aromatic N) is 5. The van der Waals surface area contributed by atoms with Gasteiger partial charge in [-0.15, -0.1) is 0 Å². The minimum absolute atomic E-state index is 0.134. The van der Waals surface area contributed by atoms with Gasteiger partial charge in [0.1, 0.15) is 0 Å². The molecule has 1 aliphatic heterocycles. The molecular weight excluding hydrogens is 505 g/mol. The molecule has 10 heteroatoms. The molecule has 206 valence electrons. The number of aromatic nitrogens is 5. The van der Waals surface area contributed by atoms with Crippen LogP contribution in [0.3, 0.4) is 0 Å². The van der Waals surface area contributed by atoms with Crippen molar-refractivity contribution in [3.8, 4) is 17.1 Å². The summed E-state index contributed by atoms with van der Waals surface area (Å²) < 4.78 is 23.0. The Hall–Kier alpha value is -2.79. The van der Waals surface area contributed by atoms with Gasteiger partial charge in [0, 0.05) is 24.2 Å². The average molecular weight is 546 g/mol. The third kappa shape index (κ3) is 5.11. The molecule has 3 aromatic heterocycles. The first kappa shape index (κ1) is 27.8. The van der Waals surface area contributed by atoms with Crippen LogP contribution < -0.4 is 5.46 Å². The number of hydrogen-bond donors (Lipinski definition) is 0. The highest BCUT2D eigenvalue weighted by atomic mass is 28.4. The standard InChI is InChI=1S/C29H40BN5O3Si/c1-27(2,3)39(9,10)36-19-21-12-11-13-26(32-21)35-25-17-20(30-37-28(4,5)29(6,7)38-30)16-22(23(25)18-31-35)24-14-15-34(8)33-24/h11-18H,19H2,1-10H3. The zero-order valence-corrected chi connectivity index (χ0v) is 25.9. The predicted octanol–water partition coefficient (Wildman–Crippen LogP) is 5.64. The van der Waals surface area contributed by atoms with Crippen molar-refractivity contribution >= 4 is 31.8 Å². The van der Waals surface area contributed by atoms with E-state index < -0.39 is 26.6 Å². The van der Waals surface area contributed by atoms with Gasteiger partial charge in [0.05, 0.1) is 40.9 Å². The SMILES string of the molecule is Cn1ccc(-c2cc(B3OC(C)(C)C(C)(C)O3)cc3c2cnn3-c2cccc(CO[Si](C)(C)C(C)(C)C)n2)n1. The third-order valence-electron chi connectivity index (χ3n) is 8.62. The number of aryl methyl sites for hydroxylation is 1. The molecule has 1 fully saturated rings. The fourth-order valence-electron chi connectivity index (χ4n) is 4.35. The molecule has 5 rings (SSSR count). The maximum Gasteiger partial charge on any atom is 0.494 e. The highest BCUT2D eigenvalue weighted by Crippen LogP contribution is 2.38. The van der Waals surface area contributed by atoms with E-state index >= 15 is 0 Å². The molecule has 39 heavy (non-hydrogen) atoms. The van der Waals surface area contributed by atoms with Crippen LogP contribution >= 0.6 is 0 Å². The van der Waals surface area contributed by atoms with Gasteiger partial charge in [0.2, 0.25) is 0 Å². The van der Waals surface area contributed by atoms with Crippen LogP contribution in [0.5, 0.6) is 0 Å². The molecule has 0 radical (unpaired) electrons. The van der Waals surface area contributed by atoms with Crippen LogP contribution in [0.1, 0.15) is 54.2 Å². The number of fused-ring (bicyclic) bond motifs is 1. The van der Waals surface area contributed by atoms with Crippen molar-refractivity contribution in [3.63, 3.8) is 0 Å². The van der Waals surface area contributed by atoms with E-state index in [-0.39, 0.29) is 5.04 Å². The Kier molecular flexibility index (Phi) is 6.69. The normalized spacial score (nSPS) is 17.3. The highest BCUT2D eigenvalue weighted by molar-refractivity contribution is 6.74. The minimum Gasteiger partial charge on any atom is -0.411 e. The minimum atomic E-state index is -1.90. The van der Waals surface area contributed by atoms with E-state index in [9.17, 15) is 0 Å². The quantitative estimate of drug-likeness (QED) is 0.292. The lowest BCUT2D eigenvalue weighted by Gasteiger charge is -2.36. The molecule has 0 amide bonds. The molecule has 0 unspecified atom stereocenters. The number of benzene rings is 1. The fourth-order valence-corrected chi connectivity index (χ4v) is 5.29. The first-order chi connectivity index (χ1) is 18.1. The smallest absolute Gasteiger partial charge is 0.411 e. The summed E-state index contributed by atoms with van der Waals surface area (Å²) in [5, 5.41) is 10.6. The monoisotopic (exact) mass is 545 g/mol. The van der Waals surface area contributed by atoms with Crippen molar-refractivity contribution in [1.82, 2.24) is 24.5 Å². The van der Waals surface area contributed by atoms with Gasteiger partial charge in [-0.25, -0.2) is 9.67 Å². The Balaban J connectivity index is 1.58. The molecule has 0 atom stereocenters. The average Bonchev–Trinajstić information content (AvgIpc) is 3.52. The van der Waals surface area contributed by atoms with Crippen molar-refractivity contribution in [2.75, 3.05) is 0 Å². The first-order valence-electron chi connectivity index (χ1n) is 13.6. The van der Waals surface area contributed by atoms with Crippen molar-refractivity contribution < 1.29 is 13.7 Å². The highest BCUT2D eigenvalue weighted by Gasteiger charge is 2.52. The molecular formula is C29H40BN5O3Si. The summed E-state index contributed by atoms with van der Waals surface area (Å²) in [6.45, 7) is 20.0. The second-order valence-corrected chi connectivity index (χ2v) is 17.9. The van der Waals surface area contributed by atoms with E-state index in [0.29, 0.717) is 6.61 Å². The Morgan fingerprint density at radius 1 is 1.03 bits per heavy atom. The Bertz CT molecular complexity index is 1500. The second kappa shape index (κ2) is 9.40. The van der Waals surface area contributed by atoms with Gasteiger partial charge in [-0.1, -0.05) is 32.9 Å². The summed E-state index contributed by atoms with van der Waals surface area (Å²) >= 11 is 0. The van der Waals surface area contributed by atoms with E-state index in [2.05, 4.69) is 78.8 Å². The Labute approximate surface area is 233 Å². The molecule has 0 aliphatic carbocycles. The number of rotatable bonds is 6. The molecule has 1 aliphatic rings. The maximum atomic E-state index is 6.45. The van der Waals surface area contributed by atoms with E-state index in [1.54, 1.807) is 4.68 Å². The van der Waals surface area contributed by atoms with Crippen LogP contribution in [0.25, 0.3) is 28.0 Å². The molecule has 1 aromatic carbocycles. The van der Waals surface area contributed by atoms with E-state index in [1.807, 2.05) is 48.4 Å². The lowest BCUT2D eigenvalue weighted by molar-refractivity contribution is 0.00578. The summed E-state index contributed by atoms with van der Waals surface area (Å²) in [7, 11) is -0.495. The molecule has 8 nitrogen and oxygen atoms in total. The number of pyridine rings is 1. The summed E-state index contributed by atoms with van der Waals surface area (Å²) in [4.78, 5) is 4.95. The van der Waals surface area contributed by atoms with Crippen molar-refractivity contribution in [2.24, 2.45) is 7.05 Å². The van der Waals surface area contributed by atoms with Gasteiger partial charge in [-0.2, -0.15) is 10.2 Å². The lowest BCUT2D eigenvalue weighted by Crippen LogP contribution is -2.41. The van der Waals surface area contributed by atoms with Gasteiger partial charge in [-0.3, -0.25) is 4.68 Å². The van der Waals surface area contributed by atoms with Gasteiger partial charge in [0.25, 0.3) is 0 Å². The molecule has 4 heterocycles. The largest absolute Gasteiger partial charge is 0.494 e. The molecule has 0 N–H and O–H groups in total. The topological polar surface area (TPSA) is 76.2 Å². The molecule has 0 bridgehead atoms. The van der Waals surface area contributed by atoms with Crippen LogP contribution in [-0.2, 0) is 27.4 Å². The molecule has 4 aromatic rings. The fraction of sp³-hybridized carbons (Fsp3) is 0.483. The van der Waals surface area contributed by atoms with Crippen LogP contribution in [-0.4, -0.2) is 51.2 Å². The van der Waals surface area contributed by atoms with Gasteiger partial charge < -0.3 is 13.7 Å². The van der Waals surface area contributed by atoms with Crippen LogP contribution in [0.2, 0.25) is 18.1 Å². The van der Waals surface area contributed by atoms with Crippen LogP contribution in [0, 0.1) is 0 Å². The summed E-state index contributed by atoms with van der Waals surface area (Å²) in [5.74, 6) is 0.736. The predicted molar refractivity (Wildman–Crippen MR) is 159 cm³/mol. The lowest BCUT2D eigenvalue weighted by atomic mass is 9.77. The number of hydrogen-bond acceptors (Lipinski definition) is 6. The maximum absolute atomic E-state index is 6.45. The Morgan fingerprint density at radius 3 is 2.33 bits per heavy atom. The van der Waals surface area contributed by atoms with Crippen molar-refractivity contribution in [3.05, 3.63) is 54.5 Å². The van der Waals surface area contributed by atoms with E-state index in [4.69, 9.17) is 23.8 Å². The zero-order valence-electron chi connectivity index (χ0n) is 24.9. The molecule has 0 spiro atoms. The van der Waals surface area contributed by atoms with Gasteiger partial charge in [0.15, 0.2) is 14.1 Å². The van der Waals surface area contributed by atoms with Crippen molar-refractivity contribution in [1.29, 1.82) is 0 Å². The van der Waals surface area contributed by atoms with E-state index in [0.717, 1.165) is 39.1 Å². The molecule has 1 saturated heterocycles. The summed E-state index contributed by atoms with van der Waals surface area (Å²) in [6.07, 6.45) is 3.83. The van der Waals surface area contributed by atoms with Crippen LogP contribution in [0.4, 0.5) is 0 Å². The van der Waals surface area contributed by atoms with E-state index in [1.165, 1.54) is 0 Å². The summed E-state index contributed by atoms with van der Waals surface area (Å²) in [5.41, 5.74) is 3.66. The van der Waals surface area contributed by atoms with Gasteiger partial charge >= 0.3 is 7.12 Å². The van der Waals surface area contributed by atoms with Crippen LogP contribution in [0.15, 0.2) is 48.8 Å². The third-order valence-corrected chi connectivity index (χ3v) is 13.1. The zero-order chi connectivity index (χ0) is 28.4.